The van der Waals surface area contributed by atoms with Crippen molar-refractivity contribution in [1.29, 1.82) is 0 Å². The molecule has 2 aromatic carbocycles. The maximum atomic E-state index is 13.7. The fourth-order valence-corrected chi connectivity index (χ4v) is 7.94. The summed E-state index contributed by atoms with van der Waals surface area (Å²) in [5.74, 6) is 6.19. The first-order chi connectivity index (χ1) is 22.3. The zero-order chi connectivity index (χ0) is 33.5. The van der Waals surface area contributed by atoms with E-state index in [1.54, 1.807) is 24.3 Å². The van der Waals surface area contributed by atoms with E-state index >= 15 is 0 Å². The van der Waals surface area contributed by atoms with Gasteiger partial charge in [-0.05, 0) is 94.8 Å². The van der Waals surface area contributed by atoms with Gasteiger partial charge in [-0.25, -0.2) is 8.42 Å². The lowest BCUT2D eigenvalue weighted by Crippen LogP contribution is -2.58. The van der Waals surface area contributed by atoms with Gasteiger partial charge in [0.25, 0.3) is 0 Å². The monoisotopic (exact) mass is 672 g/mol. The van der Waals surface area contributed by atoms with Crippen LogP contribution in [0.1, 0.15) is 51.1 Å². The topological polar surface area (TPSA) is 84.8 Å². The second-order valence-corrected chi connectivity index (χ2v) is 15.7. The van der Waals surface area contributed by atoms with Crippen molar-refractivity contribution in [3.63, 3.8) is 0 Å². The zero-order valence-corrected chi connectivity index (χ0v) is 28.0. The number of piperidine rings is 1. The van der Waals surface area contributed by atoms with E-state index in [1.165, 1.54) is 36.7 Å². The van der Waals surface area contributed by atoms with Crippen molar-refractivity contribution in [2.45, 2.75) is 74.6 Å². The van der Waals surface area contributed by atoms with E-state index in [9.17, 15) is 21.6 Å². The van der Waals surface area contributed by atoms with Gasteiger partial charge in [-0.1, -0.05) is 12.0 Å². The highest BCUT2D eigenvalue weighted by Gasteiger charge is 2.45. The van der Waals surface area contributed by atoms with Crippen LogP contribution in [0.25, 0.3) is 10.9 Å². The molecule has 3 heterocycles. The molecule has 0 atom stereocenters. The standard InChI is InChI=1S/C35H43F3N4O4S/c1-33(41-18-15-34(16-19-41)23-46-24-34)13-11-25(12-14-33)40-29-7-4-8-31-28(29)20-26(42(31)22-35(36,37)38)6-5-17-39-30-10-9-27(47(3,43)44)21-32(30)45-2/h4,7-10,20-21,25,39-40H,11-19,22-24H2,1-3H3. The first-order valence-electron chi connectivity index (χ1n) is 16.2. The number of aromatic nitrogens is 1. The number of nitrogens with one attached hydrogen (secondary N) is 2. The number of alkyl halides is 3. The molecule has 3 fully saturated rings. The second kappa shape index (κ2) is 12.9. The molecule has 8 nitrogen and oxygen atoms in total. The first kappa shape index (κ1) is 33.5. The highest BCUT2D eigenvalue weighted by atomic mass is 32.2. The number of sulfone groups is 1. The van der Waals surface area contributed by atoms with Crippen molar-refractivity contribution in [3.05, 3.63) is 48.2 Å². The Morgan fingerprint density at radius 1 is 1.04 bits per heavy atom. The van der Waals surface area contributed by atoms with Gasteiger partial charge in [0.1, 0.15) is 12.3 Å². The van der Waals surface area contributed by atoms with Gasteiger partial charge < -0.3 is 24.7 Å². The summed E-state index contributed by atoms with van der Waals surface area (Å²) in [6, 6.07) is 11.9. The lowest BCUT2D eigenvalue weighted by molar-refractivity contribution is -0.149. The molecule has 0 bridgehead atoms. The van der Waals surface area contributed by atoms with Crippen LogP contribution in [0.5, 0.6) is 5.75 Å². The molecule has 3 aromatic rings. The van der Waals surface area contributed by atoms with Crippen molar-refractivity contribution >= 4 is 32.1 Å². The van der Waals surface area contributed by atoms with Crippen molar-refractivity contribution in [1.82, 2.24) is 9.47 Å². The summed E-state index contributed by atoms with van der Waals surface area (Å²) in [6.07, 6.45) is 3.23. The molecular weight excluding hydrogens is 629 g/mol. The predicted molar refractivity (Wildman–Crippen MR) is 178 cm³/mol. The number of rotatable bonds is 8. The zero-order valence-electron chi connectivity index (χ0n) is 27.2. The van der Waals surface area contributed by atoms with Crippen molar-refractivity contribution < 1.29 is 31.1 Å². The number of nitrogens with zero attached hydrogens (tertiary/aromatic N) is 2. The average molecular weight is 673 g/mol. The minimum atomic E-state index is -4.42. The minimum absolute atomic E-state index is 0.111. The Balaban J connectivity index is 1.16. The Labute approximate surface area is 274 Å². The Bertz CT molecular complexity index is 1770. The Kier molecular flexibility index (Phi) is 9.19. The van der Waals surface area contributed by atoms with E-state index in [-0.39, 0.29) is 28.7 Å². The number of halogens is 3. The summed E-state index contributed by atoms with van der Waals surface area (Å²) >= 11 is 0. The molecule has 3 aliphatic rings. The Morgan fingerprint density at radius 2 is 1.77 bits per heavy atom. The molecule has 12 heteroatoms. The Morgan fingerprint density at radius 3 is 2.38 bits per heavy atom. The van der Waals surface area contributed by atoms with Crippen LogP contribution in [0.3, 0.4) is 0 Å². The molecule has 0 radical (unpaired) electrons. The van der Waals surface area contributed by atoms with Gasteiger partial charge in [0.2, 0.25) is 0 Å². The molecule has 2 saturated heterocycles. The number of hydrogen-bond acceptors (Lipinski definition) is 7. The average Bonchev–Trinajstić information content (AvgIpc) is 3.35. The number of methoxy groups -OCH3 is 1. The van der Waals surface area contributed by atoms with Crippen LogP contribution < -0.4 is 15.4 Å². The third-order valence-electron chi connectivity index (χ3n) is 10.3. The van der Waals surface area contributed by atoms with Crippen LogP contribution in [0, 0.1) is 17.3 Å². The van der Waals surface area contributed by atoms with E-state index in [2.05, 4.69) is 34.3 Å². The molecule has 6 rings (SSSR count). The van der Waals surface area contributed by atoms with E-state index in [0.717, 1.165) is 63.9 Å². The molecule has 1 spiro atoms. The van der Waals surface area contributed by atoms with Crippen molar-refractivity contribution in [2.75, 3.05) is 56.8 Å². The van der Waals surface area contributed by atoms with Gasteiger partial charge in [-0.15, -0.1) is 0 Å². The number of hydrogen-bond donors (Lipinski definition) is 2. The minimum Gasteiger partial charge on any atom is -0.495 e. The lowest BCUT2D eigenvalue weighted by Gasteiger charge is -2.53. The predicted octanol–water partition coefficient (Wildman–Crippen LogP) is 6.30. The summed E-state index contributed by atoms with van der Waals surface area (Å²) in [5, 5.41) is 7.46. The molecule has 2 N–H and O–H groups in total. The largest absolute Gasteiger partial charge is 0.495 e. The number of anilines is 2. The van der Waals surface area contributed by atoms with Crippen LogP contribution in [0.15, 0.2) is 47.4 Å². The molecule has 1 aromatic heterocycles. The molecule has 47 heavy (non-hydrogen) atoms. The van der Waals surface area contributed by atoms with Gasteiger partial charge >= 0.3 is 6.18 Å². The molecule has 254 valence electrons. The summed E-state index contributed by atoms with van der Waals surface area (Å²) in [4.78, 5) is 2.79. The fourth-order valence-electron chi connectivity index (χ4n) is 7.31. The van der Waals surface area contributed by atoms with E-state index in [1.807, 2.05) is 6.07 Å². The fraction of sp³-hybridized carbons (Fsp3) is 0.543. The Hall–Kier alpha value is -3.40. The number of fused-ring (bicyclic) bond motifs is 1. The van der Waals surface area contributed by atoms with Gasteiger partial charge in [0, 0.05) is 40.4 Å². The highest BCUT2D eigenvalue weighted by molar-refractivity contribution is 7.90. The van der Waals surface area contributed by atoms with Crippen LogP contribution in [0.4, 0.5) is 24.5 Å². The molecule has 1 saturated carbocycles. The summed E-state index contributed by atoms with van der Waals surface area (Å²) in [7, 11) is -1.98. The van der Waals surface area contributed by atoms with Crippen LogP contribution in [0.2, 0.25) is 0 Å². The molecule has 1 aliphatic carbocycles. The lowest BCUT2D eigenvalue weighted by atomic mass is 9.73. The van der Waals surface area contributed by atoms with Gasteiger partial charge in [0.05, 0.1) is 48.7 Å². The maximum absolute atomic E-state index is 13.7. The van der Waals surface area contributed by atoms with Crippen LogP contribution in [-0.2, 0) is 21.1 Å². The number of benzene rings is 2. The smallest absolute Gasteiger partial charge is 0.406 e. The van der Waals surface area contributed by atoms with E-state index in [0.29, 0.717) is 27.8 Å². The molecular formula is C35H43F3N4O4S. The van der Waals surface area contributed by atoms with E-state index in [4.69, 9.17) is 9.47 Å². The first-order valence-corrected chi connectivity index (χ1v) is 18.1. The summed E-state index contributed by atoms with van der Waals surface area (Å²) in [6.45, 7) is 5.39. The quantitative estimate of drug-likeness (QED) is 0.272. The highest BCUT2D eigenvalue weighted by Crippen LogP contribution is 2.43. The normalized spacial score (nSPS) is 23.1. The summed E-state index contributed by atoms with van der Waals surface area (Å²) < 4.78 is 77.1. The third kappa shape index (κ3) is 7.37. The SMILES string of the molecule is COc1cc(S(C)(=O)=O)ccc1NCC#Cc1cc2c(NC3CCC(C)(N4CCC5(CC4)COC5)CC3)cccc2n1CC(F)(F)F. The van der Waals surface area contributed by atoms with Crippen LogP contribution in [-0.4, -0.2) is 81.9 Å². The van der Waals surface area contributed by atoms with Gasteiger partial charge in [0.15, 0.2) is 9.84 Å². The van der Waals surface area contributed by atoms with Crippen molar-refractivity contribution in [3.8, 4) is 17.6 Å². The maximum Gasteiger partial charge on any atom is 0.406 e. The number of ether oxygens (including phenoxy) is 2. The molecule has 0 unspecified atom stereocenters. The van der Waals surface area contributed by atoms with Gasteiger partial charge in [-0.3, -0.25) is 4.90 Å². The molecule has 0 amide bonds. The van der Waals surface area contributed by atoms with Gasteiger partial charge in [-0.2, -0.15) is 13.2 Å². The van der Waals surface area contributed by atoms with Crippen molar-refractivity contribution in [2.24, 2.45) is 5.41 Å². The number of likely N-dealkylation sites (tertiary alicyclic amines) is 1. The van der Waals surface area contributed by atoms with E-state index < -0.39 is 22.6 Å². The third-order valence-corrected chi connectivity index (χ3v) is 11.4. The summed E-state index contributed by atoms with van der Waals surface area (Å²) in [5.41, 5.74) is 2.67. The van der Waals surface area contributed by atoms with Crippen LogP contribution >= 0.6 is 0 Å². The molecule has 2 aliphatic heterocycles. The second-order valence-electron chi connectivity index (χ2n) is 13.7.